The van der Waals surface area contributed by atoms with Crippen LogP contribution in [-0.4, -0.2) is 22.4 Å². The van der Waals surface area contributed by atoms with E-state index in [-0.39, 0.29) is 0 Å². The third-order valence-electron chi connectivity index (χ3n) is 2.18. The van der Waals surface area contributed by atoms with Crippen LogP contribution >= 0.6 is 32.4 Å². The van der Waals surface area contributed by atoms with E-state index in [0.29, 0.717) is 5.11 Å². The Morgan fingerprint density at radius 2 is 2.15 bits per heavy atom. The summed E-state index contributed by atoms with van der Waals surface area (Å²) in [7, 11) is 9.34. The minimum atomic E-state index is 0.550. The fourth-order valence-electron chi connectivity index (χ4n) is 1.19. The third kappa shape index (κ3) is 10.4. The second-order valence-electron chi connectivity index (χ2n) is 3.68. The van der Waals surface area contributed by atoms with Crippen molar-refractivity contribution < 1.29 is 13.1 Å². The molecule has 0 aliphatic carbocycles. The summed E-state index contributed by atoms with van der Waals surface area (Å²) in [6, 6.07) is 5.72. The van der Waals surface area contributed by atoms with Crippen molar-refractivity contribution in [3.8, 4) is 0 Å². The van der Waals surface area contributed by atoms with E-state index in [1.165, 1.54) is 0 Å². The Morgan fingerprint density at radius 1 is 1.45 bits per heavy atom. The van der Waals surface area contributed by atoms with E-state index >= 15 is 0 Å². The molecule has 20 heavy (non-hydrogen) atoms. The number of hydrogen-bond acceptors (Lipinski definition) is 3. The Hall–Kier alpha value is -0.391. The van der Waals surface area contributed by atoms with Gasteiger partial charge in [0.25, 0.3) is 0 Å². The molecule has 0 bridgehead atoms. The fourth-order valence-corrected chi connectivity index (χ4v) is 1.33. The molecule has 1 aromatic heterocycles. The molecule has 0 aliphatic heterocycles. The van der Waals surface area contributed by atoms with Crippen LogP contribution in [0.1, 0.15) is 32.4 Å². The van der Waals surface area contributed by atoms with Gasteiger partial charge in [0.2, 0.25) is 0 Å². The van der Waals surface area contributed by atoms with Crippen LogP contribution in [0.25, 0.3) is 0 Å². The molecule has 0 atom stereocenters. The summed E-state index contributed by atoms with van der Waals surface area (Å²) >= 11 is 5.84. The maximum atomic E-state index is 5.09. The summed E-state index contributed by atoms with van der Waals surface area (Å²) in [5.41, 5.74) is 4.46. The van der Waals surface area contributed by atoms with Crippen LogP contribution in [-0.2, 0) is 13.1 Å². The number of nitrogens with one attached hydrogen (secondary N) is 2. The number of thiocarbonyl (C=S) groups is 1. The van der Waals surface area contributed by atoms with Gasteiger partial charge < -0.3 is 5.32 Å². The van der Waals surface area contributed by atoms with E-state index in [9.17, 15) is 0 Å². The first-order valence-electron chi connectivity index (χ1n) is 5.96. The molecule has 117 valence electrons. The number of pyridine rings is 1. The van der Waals surface area contributed by atoms with Gasteiger partial charge in [0.15, 0.2) is 5.11 Å². The first-order chi connectivity index (χ1) is 9.65. The SMILES string of the molecule is CCCCNC(=S)N/N=C(\C)c1ccccn1.[Cl][Cu][Cl]. The first-order valence-corrected chi connectivity index (χ1v) is 8.96. The van der Waals surface area contributed by atoms with Gasteiger partial charge in [-0.25, -0.2) is 0 Å². The van der Waals surface area contributed by atoms with E-state index < -0.39 is 0 Å². The second-order valence-corrected chi connectivity index (χ2v) is 5.64. The molecular formula is C12H18Cl2CuN4S. The average molecular weight is 385 g/mol. The summed E-state index contributed by atoms with van der Waals surface area (Å²) < 4.78 is 0. The molecule has 0 fully saturated rings. The third-order valence-corrected chi connectivity index (χ3v) is 2.41. The topological polar surface area (TPSA) is 49.3 Å². The van der Waals surface area contributed by atoms with Crippen molar-refractivity contribution >= 4 is 43.2 Å². The molecule has 0 radical (unpaired) electrons. The molecule has 2 N–H and O–H groups in total. The molecule has 4 nitrogen and oxygen atoms in total. The number of unbranched alkanes of at least 4 members (excludes halogenated alkanes) is 1. The van der Waals surface area contributed by atoms with Crippen LogP contribution in [0.15, 0.2) is 29.5 Å². The molecule has 0 saturated heterocycles. The van der Waals surface area contributed by atoms with Gasteiger partial charge in [-0.2, -0.15) is 5.10 Å². The van der Waals surface area contributed by atoms with Crippen molar-refractivity contribution in [2.24, 2.45) is 5.10 Å². The van der Waals surface area contributed by atoms with Gasteiger partial charge in [-0.15, -0.1) is 0 Å². The Bertz CT molecular complexity index is 404. The summed E-state index contributed by atoms with van der Waals surface area (Å²) in [6.45, 7) is 4.91. The van der Waals surface area contributed by atoms with Gasteiger partial charge in [0, 0.05) is 12.7 Å². The predicted octanol–water partition coefficient (Wildman–Crippen LogP) is 3.45. The zero-order valence-corrected chi connectivity index (χ0v) is 14.6. The molecule has 1 heterocycles. The molecule has 1 aromatic rings. The fraction of sp³-hybridized carbons (Fsp3) is 0.417. The molecule has 0 spiro atoms. The van der Waals surface area contributed by atoms with Gasteiger partial charge in [-0.3, -0.25) is 10.4 Å². The van der Waals surface area contributed by atoms with E-state index in [1.54, 1.807) is 6.20 Å². The molecule has 0 aromatic carbocycles. The van der Waals surface area contributed by atoms with Crippen molar-refractivity contribution in [3.05, 3.63) is 30.1 Å². The number of halogens is 2. The van der Waals surface area contributed by atoms with Crippen LogP contribution in [0.3, 0.4) is 0 Å². The summed E-state index contributed by atoms with van der Waals surface area (Å²) in [5, 5.41) is 7.81. The quantitative estimate of drug-likeness (QED) is 0.268. The zero-order valence-electron chi connectivity index (χ0n) is 11.3. The van der Waals surface area contributed by atoms with Gasteiger partial charge in [-0.05, 0) is 37.7 Å². The molecule has 0 unspecified atom stereocenters. The van der Waals surface area contributed by atoms with E-state index in [0.717, 1.165) is 43.9 Å². The number of aromatic nitrogens is 1. The van der Waals surface area contributed by atoms with Crippen molar-refractivity contribution in [3.63, 3.8) is 0 Å². The molecule has 0 saturated carbocycles. The Labute approximate surface area is 140 Å². The van der Waals surface area contributed by atoms with Crippen LogP contribution < -0.4 is 10.7 Å². The van der Waals surface area contributed by atoms with E-state index in [2.05, 4.69) is 47.9 Å². The molecule has 8 heteroatoms. The van der Waals surface area contributed by atoms with Gasteiger partial charge in [-0.1, -0.05) is 19.4 Å². The van der Waals surface area contributed by atoms with Crippen LogP contribution in [0, 0.1) is 0 Å². The normalized spacial score (nSPS) is 10.5. The minimum absolute atomic E-state index is 0.550. The van der Waals surface area contributed by atoms with Gasteiger partial charge >= 0.3 is 33.3 Å². The monoisotopic (exact) mass is 383 g/mol. The number of hydrazone groups is 1. The predicted molar refractivity (Wildman–Crippen MR) is 86.8 cm³/mol. The number of hydrogen-bond donors (Lipinski definition) is 2. The standard InChI is InChI=1S/C12H18N4S.2ClH.Cu/c1-3-4-8-14-12(17)16-15-10(2)11-7-5-6-9-13-11;;;/h5-7,9H,3-4,8H2,1-2H3,(H2,14,16,17);2*1H;/q;;;+2/p-2/b15-10+;;;. The summed E-state index contributed by atoms with van der Waals surface area (Å²) in [5.74, 6) is 0. The maximum absolute atomic E-state index is 5.09. The van der Waals surface area contributed by atoms with Crippen LogP contribution in [0.5, 0.6) is 0 Å². The molecule has 0 aliphatic rings. The second kappa shape index (κ2) is 13.6. The first kappa shape index (κ1) is 19.6. The van der Waals surface area contributed by atoms with Crippen LogP contribution in [0.4, 0.5) is 0 Å². The number of nitrogens with zero attached hydrogens (tertiary/aromatic N) is 2. The van der Waals surface area contributed by atoms with E-state index in [1.807, 2.05) is 25.1 Å². The molecule has 1 rings (SSSR count). The van der Waals surface area contributed by atoms with Gasteiger partial charge in [0.1, 0.15) is 0 Å². The average Bonchev–Trinajstić information content (AvgIpc) is 2.47. The molecular weight excluding hydrogens is 367 g/mol. The van der Waals surface area contributed by atoms with Crippen molar-refractivity contribution in [1.29, 1.82) is 0 Å². The van der Waals surface area contributed by atoms with Crippen molar-refractivity contribution in [2.75, 3.05) is 6.54 Å². The molecule has 0 amide bonds. The van der Waals surface area contributed by atoms with Crippen molar-refractivity contribution in [2.45, 2.75) is 26.7 Å². The van der Waals surface area contributed by atoms with Crippen molar-refractivity contribution in [1.82, 2.24) is 15.7 Å². The summed E-state index contributed by atoms with van der Waals surface area (Å²) in [4.78, 5) is 4.20. The van der Waals surface area contributed by atoms with Crippen LogP contribution in [0.2, 0.25) is 0 Å². The Balaban J connectivity index is 0.00000110. The Kier molecular flexibility index (Phi) is 13.3. The Morgan fingerprint density at radius 3 is 2.70 bits per heavy atom. The van der Waals surface area contributed by atoms with Gasteiger partial charge in [0.05, 0.1) is 11.4 Å². The van der Waals surface area contributed by atoms with E-state index in [4.69, 9.17) is 12.2 Å². The zero-order chi connectivity index (χ0) is 15.2. The summed E-state index contributed by atoms with van der Waals surface area (Å²) in [6.07, 6.45) is 3.99. The number of rotatable bonds is 5.